The summed E-state index contributed by atoms with van der Waals surface area (Å²) in [6.45, 7) is 1.43. The van der Waals surface area contributed by atoms with Crippen LogP contribution in [0.3, 0.4) is 0 Å². The van der Waals surface area contributed by atoms with Crippen molar-refractivity contribution in [3.8, 4) is 11.5 Å². The lowest BCUT2D eigenvalue weighted by Gasteiger charge is -2.21. The number of carbonyl (C=O) groups is 1. The molecule has 0 spiro atoms. The van der Waals surface area contributed by atoms with Crippen LogP contribution in [0, 0.1) is 0 Å². The normalized spacial score (nSPS) is 11.8. The van der Waals surface area contributed by atoms with Gasteiger partial charge in [-0.15, -0.1) is 0 Å². The molecule has 94 valence electrons. The number of hydrogen-bond acceptors (Lipinski definition) is 4. The summed E-state index contributed by atoms with van der Waals surface area (Å²) >= 11 is 0. The molecule has 1 rings (SSSR count). The monoisotopic (exact) mass is 239 g/mol. The van der Waals surface area contributed by atoms with E-state index in [1.54, 1.807) is 32.4 Å². The van der Waals surface area contributed by atoms with Crippen molar-refractivity contribution < 1.29 is 19.4 Å². The Morgan fingerprint density at radius 3 is 2.47 bits per heavy atom. The topological polar surface area (TPSA) is 59.0 Å². The maximum atomic E-state index is 11.7. The van der Waals surface area contributed by atoms with Crippen molar-refractivity contribution in [3.05, 3.63) is 18.2 Å². The first-order chi connectivity index (χ1) is 8.01. The summed E-state index contributed by atoms with van der Waals surface area (Å²) in [4.78, 5) is 13.0. The number of hydrogen-bond donors (Lipinski definition) is 1. The predicted octanol–water partition coefficient (Wildman–Crippen LogP) is 1.05. The average Bonchev–Trinajstić information content (AvgIpc) is 2.35. The van der Waals surface area contributed by atoms with Crippen LogP contribution in [0.5, 0.6) is 11.5 Å². The molecule has 0 radical (unpaired) electrons. The van der Waals surface area contributed by atoms with Crippen molar-refractivity contribution in [2.45, 2.75) is 13.0 Å². The van der Waals surface area contributed by atoms with E-state index in [-0.39, 0.29) is 0 Å². The number of likely N-dealkylation sites (N-methyl/N-ethyl adjacent to an activating group) is 1. The molecule has 0 bridgehead atoms. The Kier molecular flexibility index (Phi) is 4.34. The molecule has 0 saturated heterocycles. The smallest absolute Gasteiger partial charge is 0.255 e. The van der Waals surface area contributed by atoms with Gasteiger partial charge in [0, 0.05) is 13.1 Å². The van der Waals surface area contributed by atoms with Crippen LogP contribution in [-0.4, -0.2) is 38.4 Å². The van der Waals surface area contributed by atoms with Crippen LogP contribution < -0.4 is 14.4 Å². The molecule has 0 fully saturated rings. The lowest BCUT2D eigenvalue weighted by atomic mass is 10.2. The molecular weight excluding hydrogens is 222 g/mol. The highest BCUT2D eigenvalue weighted by Gasteiger charge is 2.19. The van der Waals surface area contributed by atoms with Crippen molar-refractivity contribution in [1.82, 2.24) is 0 Å². The zero-order chi connectivity index (χ0) is 13.0. The maximum Gasteiger partial charge on any atom is 0.255 e. The Balaban J connectivity index is 3.09. The molecule has 17 heavy (non-hydrogen) atoms. The van der Waals surface area contributed by atoms with Gasteiger partial charge in [-0.1, -0.05) is 0 Å². The Bertz CT molecular complexity index is 403. The summed E-state index contributed by atoms with van der Waals surface area (Å²) < 4.78 is 10.2. The number of methoxy groups -OCH3 is 2. The number of rotatable bonds is 4. The highest BCUT2D eigenvalue weighted by atomic mass is 16.5. The third-order valence-corrected chi connectivity index (χ3v) is 2.44. The number of ether oxygens (including phenoxy) is 2. The number of amides is 1. The van der Waals surface area contributed by atoms with Crippen LogP contribution in [-0.2, 0) is 4.79 Å². The highest BCUT2D eigenvalue weighted by molar-refractivity contribution is 5.97. The number of benzene rings is 1. The molecule has 0 aliphatic heterocycles. The average molecular weight is 239 g/mol. The molecule has 0 aliphatic carbocycles. The van der Waals surface area contributed by atoms with E-state index in [4.69, 9.17) is 9.47 Å². The van der Waals surface area contributed by atoms with Gasteiger partial charge in [-0.05, 0) is 19.1 Å². The molecule has 1 atom stereocenters. The van der Waals surface area contributed by atoms with Crippen LogP contribution in [0.2, 0.25) is 0 Å². The number of carbonyl (C=O) groups excluding carboxylic acids is 1. The molecule has 1 amide bonds. The van der Waals surface area contributed by atoms with E-state index in [2.05, 4.69) is 0 Å². The van der Waals surface area contributed by atoms with E-state index in [9.17, 15) is 9.90 Å². The second-order valence-corrected chi connectivity index (χ2v) is 3.61. The van der Waals surface area contributed by atoms with Crippen LogP contribution in [0.1, 0.15) is 6.92 Å². The maximum absolute atomic E-state index is 11.7. The molecule has 1 unspecified atom stereocenters. The lowest BCUT2D eigenvalue weighted by Crippen LogP contribution is -2.34. The minimum atomic E-state index is -1.05. The molecule has 0 aromatic heterocycles. The minimum Gasteiger partial charge on any atom is -0.497 e. The third-order valence-electron chi connectivity index (χ3n) is 2.44. The molecule has 1 aromatic rings. The van der Waals surface area contributed by atoms with Crippen molar-refractivity contribution in [3.63, 3.8) is 0 Å². The van der Waals surface area contributed by atoms with E-state index in [1.807, 2.05) is 0 Å². The van der Waals surface area contributed by atoms with Gasteiger partial charge >= 0.3 is 0 Å². The summed E-state index contributed by atoms with van der Waals surface area (Å²) in [6, 6.07) is 5.11. The molecule has 5 heteroatoms. The molecular formula is C12H17NO4. The Morgan fingerprint density at radius 1 is 1.35 bits per heavy atom. The van der Waals surface area contributed by atoms with Gasteiger partial charge in [0.05, 0.1) is 19.9 Å². The summed E-state index contributed by atoms with van der Waals surface area (Å²) in [5, 5.41) is 9.26. The summed E-state index contributed by atoms with van der Waals surface area (Å²) in [6.07, 6.45) is -1.05. The Labute approximate surface area is 101 Å². The number of aliphatic hydroxyl groups is 1. The standard InChI is InChI=1S/C12H17NO4/c1-8(14)12(15)13(2)10-6-5-9(16-3)7-11(10)17-4/h5-8,14H,1-4H3. The number of anilines is 1. The highest BCUT2D eigenvalue weighted by Crippen LogP contribution is 2.31. The molecule has 0 heterocycles. The van der Waals surface area contributed by atoms with Gasteiger partial charge in [-0.3, -0.25) is 4.79 Å². The van der Waals surface area contributed by atoms with Gasteiger partial charge in [-0.2, -0.15) is 0 Å². The van der Waals surface area contributed by atoms with Crippen LogP contribution in [0.4, 0.5) is 5.69 Å². The minimum absolute atomic E-state index is 0.395. The van der Waals surface area contributed by atoms with Crippen molar-refractivity contribution >= 4 is 11.6 Å². The van der Waals surface area contributed by atoms with Gasteiger partial charge in [-0.25, -0.2) is 0 Å². The van der Waals surface area contributed by atoms with E-state index in [0.29, 0.717) is 17.2 Å². The van der Waals surface area contributed by atoms with Gasteiger partial charge < -0.3 is 19.5 Å². The van der Waals surface area contributed by atoms with Crippen molar-refractivity contribution in [2.24, 2.45) is 0 Å². The van der Waals surface area contributed by atoms with E-state index < -0.39 is 12.0 Å². The van der Waals surface area contributed by atoms with Crippen molar-refractivity contribution in [2.75, 3.05) is 26.2 Å². The number of aliphatic hydroxyl groups excluding tert-OH is 1. The van der Waals surface area contributed by atoms with E-state index in [0.717, 1.165) is 0 Å². The number of nitrogens with zero attached hydrogens (tertiary/aromatic N) is 1. The summed E-state index contributed by atoms with van der Waals surface area (Å²) in [7, 11) is 4.65. The zero-order valence-electron chi connectivity index (χ0n) is 10.4. The second-order valence-electron chi connectivity index (χ2n) is 3.61. The zero-order valence-corrected chi connectivity index (χ0v) is 10.4. The first-order valence-corrected chi connectivity index (χ1v) is 5.19. The SMILES string of the molecule is COc1ccc(N(C)C(=O)C(C)O)c(OC)c1. The Morgan fingerprint density at radius 2 is 2.00 bits per heavy atom. The van der Waals surface area contributed by atoms with Crippen molar-refractivity contribution in [1.29, 1.82) is 0 Å². The van der Waals surface area contributed by atoms with Gasteiger partial charge in [0.15, 0.2) is 0 Å². The van der Waals surface area contributed by atoms with E-state index in [1.165, 1.54) is 18.9 Å². The van der Waals surface area contributed by atoms with Gasteiger partial charge in [0.25, 0.3) is 5.91 Å². The fourth-order valence-electron chi connectivity index (χ4n) is 1.46. The molecule has 1 aromatic carbocycles. The summed E-state index contributed by atoms with van der Waals surface area (Å²) in [5.41, 5.74) is 0.583. The lowest BCUT2D eigenvalue weighted by molar-refractivity contribution is -0.125. The second kappa shape index (κ2) is 5.54. The molecule has 0 saturated carbocycles. The van der Waals surface area contributed by atoms with Gasteiger partial charge in [0.1, 0.15) is 17.6 Å². The van der Waals surface area contributed by atoms with Crippen LogP contribution in [0.25, 0.3) is 0 Å². The molecule has 0 aliphatic rings. The fraction of sp³-hybridized carbons (Fsp3) is 0.417. The molecule has 1 N–H and O–H groups in total. The largest absolute Gasteiger partial charge is 0.497 e. The quantitative estimate of drug-likeness (QED) is 0.853. The fourth-order valence-corrected chi connectivity index (χ4v) is 1.46. The van der Waals surface area contributed by atoms with Crippen LogP contribution in [0.15, 0.2) is 18.2 Å². The third kappa shape index (κ3) is 2.88. The predicted molar refractivity (Wildman–Crippen MR) is 64.6 cm³/mol. The first kappa shape index (κ1) is 13.3. The van der Waals surface area contributed by atoms with Crippen LogP contribution >= 0.6 is 0 Å². The van der Waals surface area contributed by atoms with E-state index >= 15 is 0 Å². The summed E-state index contributed by atoms with van der Waals surface area (Å²) in [5.74, 6) is 0.762. The Hall–Kier alpha value is -1.75. The molecule has 5 nitrogen and oxygen atoms in total. The van der Waals surface area contributed by atoms with Gasteiger partial charge in [0.2, 0.25) is 0 Å². The first-order valence-electron chi connectivity index (χ1n) is 5.19.